The van der Waals surface area contributed by atoms with E-state index in [4.69, 9.17) is 10.5 Å². The molecule has 2 aromatic rings. The fourth-order valence-corrected chi connectivity index (χ4v) is 2.09. The Balaban J connectivity index is 1.77. The molecule has 1 aliphatic rings. The number of hydrogen-bond donors (Lipinski definition) is 1. The maximum Gasteiger partial charge on any atom is 0.276 e. The van der Waals surface area contributed by atoms with E-state index >= 15 is 0 Å². The molecule has 20 heavy (non-hydrogen) atoms. The van der Waals surface area contributed by atoms with E-state index in [-0.39, 0.29) is 17.7 Å². The Morgan fingerprint density at radius 2 is 2.25 bits per heavy atom. The second kappa shape index (κ2) is 5.25. The Labute approximate surface area is 114 Å². The number of nitrogen functional groups attached to an aromatic ring is 1. The smallest absolute Gasteiger partial charge is 0.276 e. The lowest BCUT2D eigenvalue weighted by atomic mass is 10.2. The summed E-state index contributed by atoms with van der Waals surface area (Å²) < 4.78 is 10.3. The highest BCUT2D eigenvalue weighted by molar-refractivity contribution is 5.92. The highest BCUT2D eigenvalue weighted by Gasteiger charge is 2.29. The number of hydrogen-bond acceptors (Lipinski definition) is 7. The summed E-state index contributed by atoms with van der Waals surface area (Å²) in [4.78, 5) is 22.0. The van der Waals surface area contributed by atoms with Gasteiger partial charge in [-0.15, -0.1) is 0 Å². The molecule has 2 N–H and O–H groups in total. The van der Waals surface area contributed by atoms with Gasteiger partial charge in [-0.2, -0.15) is 0 Å². The Bertz CT molecular complexity index is 601. The lowest BCUT2D eigenvalue weighted by Crippen LogP contribution is -2.42. The van der Waals surface area contributed by atoms with Crippen molar-refractivity contribution in [1.82, 2.24) is 20.0 Å². The first-order chi connectivity index (χ1) is 9.75. The number of nitrogens with zero attached hydrogens (tertiary/aromatic N) is 4. The molecule has 0 spiro atoms. The summed E-state index contributed by atoms with van der Waals surface area (Å²) in [6.45, 7) is 1.25. The van der Waals surface area contributed by atoms with Crippen LogP contribution in [0.2, 0.25) is 0 Å². The van der Waals surface area contributed by atoms with Crippen LogP contribution >= 0.6 is 0 Å². The molecule has 1 fully saturated rings. The molecule has 8 nitrogen and oxygen atoms in total. The maximum absolute atomic E-state index is 12.2. The minimum Gasteiger partial charge on any atom is -0.382 e. The molecule has 2 aromatic heterocycles. The van der Waals surface area contributed by atoms with Crippen LogP contribution in [0, 0.1) is 0 Å². The molecule has 1 saturated heterocycles. The number of carbonyl (C=O) groups excluding carboxylic acids is 1. The first-order valence-electron chi connectivity index (χ1n) is 6.13. The first-order valence-corrected chi connectivity index (χ1v) is 6.13. The third-order valence-corrected chi connectivity index (χ3v) is 3.07. The van der Waals surface area contributed by atoms with Crippen LogP contribution < -0.4 is 5.73 Å². The third kappa shape index (κ3) is 2.32. The van der Waals surface area contributed by atoms with Crippen molar-refractivity contribution in [2.75, 3.05) is 25.4 Å². The van der Waals surface area contributed by atoms with Gasteiger partial charge in [-0.05, 0) is 0 Å². The average molecular weight is 275 g/mol. The molecule has 0 saturated carbocycles. The number of nitrogens with two attached hydrogens (primary N) is 1. The van der Waals surface area contributed by atoms with Crippen LogP contribution in [-0.4, -0.2) is 45.6 Å². The van der Waals surface area contributed by atoms with Crippen molar-refractivity contribution in [3.63, 3.8) is 0 Å². The summed E-state index contributed by atoms with van der Waals surface area (Å²) in [6, 6.07) is 1.53. The van der Waals surface area contributed by atoms with E-state index in [9.17, 15) is 4.79 Å². The number of aromatic nitrogens is 3. The number of anilines is 1. The van der Waals surface area contributed by atoms with Gasteiger partial charge in [0.05, 0.1) is 13.2 Å². The van der Waals surface area contributed by atoms with Gasteiger partial charge in [-0.3, -0.25) is 9.78 Å². The van der Waals surface area contributed by atoms with E-state index < -0.39 is 0 Å². The molecular formula is C12H13N5O3. The normalized spacial score (nSPS) is 19.0. The predicted octanol–water partition coefficient (Wildman–Crippen LogP) is 0.260. The molecule has 8 heteroatoms. The van der Waals surface area contributed by atoms with Gasteiger partial charge >= 0.3 is 0 Å². The van der Waals surface area contributed by atoms with Gasteiger partial charge in [0.1, 0.15) is 23.9 Å². The topological polar surface area (TPSA) is 107 Å². The van der Waals surface area contributed by atoms with Crippen LogP contribution in [-0.2, 0) is 4.74 Å². The Morgan fingerprint density at radius 3 is 3.00 bits per heavy atom. The SMILES string of the molecule is Nc1nccnc1[C@@H]1CN(C(=O)c2ccon2)CCO1. The van der Waals surface area contributed by atoms with Crippen molar-refractivity contribution >= 4 is 11.7 Å². The summed E-state index contributed by atoms with van der Waals surface area (Å²) in [7, 11) is 0. The van der Waals surface area contributed by atoms with Crippen molar-refractivity contribution in [2.45, 2.75) is 6.10 Å². The third-order valence-electron chi connectivity index (χ3n) is 3.07. The average Bonchev–Trinajstić information content (AvgIpc) is 3.01. The van der Waals surface area contributed by atoms with E-state index in [1.54, 1.807) is 11.1 Å². The summed E-state index contributed by atoms with van der Waals surface area (Å²) in [5, 5.41) is 3.65. The number of ether oxygens (including phenoxy) is 1. The summed E-state index contributed by atoms with van der Waals surface area (Å²) >= 11 is 0. The zero-order valence-electron chi connectivity index (χ0n) is 10.6. The van der Waals surface area contributed by atoms with Gasteiger partial charge in [0.15, 0.2) is 5.69 Å². The summed E-state index contributed by atoms with van der Waals surface area (Å²) in [5.74, 6) is 0.114. The highest BCUT2D eigenvalue weighted by Crippen LogP contribution is 2.24. The molecule has 104 valence electrons. The standard InChI is InChI=1S/C12H13N5O3/c13-11-10(14-2-3-15-11)9-7-17(4-6-19-9)12(18)8-1-5-20-16-8/h1-3,5,9H,4,6-7H2,(H2,13,15)/t9-/m0/s1. The van der Waals surface area contributed by atoms with Crippen molar-refractivity contribution in [3.05, 3.63) is 36.1 Å². The molecule has 0 bridgehead atoms. The molecular weight excluding hydrogens is 262 g/mol. The highest BCUT2D eigenvalue weighted by atomic mass is 16.5. The van der Waals surface area contributed by atoms with Crippen LogP contribution in [0.3, 0.4) is 0 Å². The van der Waals surface area contributed by atoms with Gasteiger partial charge in [0, 0.05) is 25.0 Å². The molecule has 0 unspecified atom stereocenters. The van der Waals surface area contributed by atoms with E-state index in [0.29, 0.717) is 31.2 Å². The zero-order valence-corrected chi connectivity index (χ0v) is 10.6. The molecule has 3 rings (SSSR count). The van der Waals surface area contributed by atoms with E-state index in [0.717, 1.165) is 0 Å². The molecule has 0 aromatic carbocycles. The van der Waals surface area contributed by atoms with Gasteiger partial charge in [0.2, 0.25) is 0 Å². The summed E-state index contributed by atoms with van der Waals surface area (Å²) in [5.41, 5.74) is 6.61. The minimum atomic E-state index is -0.381. The molecule has 1 atom stereocenters. The molecule has 3 heterocycles. The predicted molar refractivity (Wildman–Crippen MR) is 67.5 cm³/mol. The van der Waals surface area contributed by atoms with Crippen LogP contribution in [0.5, 0.6) is 0 Å². The number of amides is 1. The van der Waals surface area contributed by atoms with Gasteiger partial charge in [-0.25, -0.2) is 4.98 Å². The Kier molecular flexibility index (Phi) is 3.30. The molecule has 1 amide bonds. The number of morpholine rings is 1. The Hall–Kier alpha value is -2.48. The van der Waals surface area contributed by atoms with Crippen LogP contribution in [0.15, 0.2) is 29.2 Å². The molecule has 0 aliphatic carbocycles. The monoisotopic (exact) mass is 275 g/mol. The minimum absolute atomic E-state index is 0.200. The van der Waals surface area contributed by atoms with Crippen molar-refractivity contribution < 1.29 is 14.1 Å². The maximum atomic E-state index is 12.2. The quantitative estimate of drug-likeness (QED) is 0.837. The number of carbonyl (C=O) groups is 1. The Morgan fingerprint density at radius 1 is 1.40 bits per heavy atom. The fraction of sp³-hybridized carbons (Fsp3) is 0.333. The molecule has 1 aliphatic heterocycles. The van der Waals surface area contributed by atoms with E-state index in [1.165, 1.54) is 18.5 Å². The van der Waals surface area contributed by atoms with E-state index in [2.05, 4.69) is 19.6 Å². The van der Waals surface area contributed by atoms with Gasteiger partial charge < -0.3 is 19.9 Å². The van der Waals surface area contributed by atoms with Crippen molar-refractivity contribution in [1.29, 1.82) is 0 Å². The van der Waals surface area contributed by atoms with Crippen LogP contribution in [0.25, 0.3) is 0 Å². The summed E-state index contributed by atoms with van der Waals surface area (Å²) in [6.07, 6.45) is 4.05. The lowest BCUT2D eigenvalue weighted by Gasteiger charge is -2.32. The largest absolute Gasteiger partial charge is 0.382 e. The number of rotatable bonds is 2. The molecule has 0 radical (unpaired) electrons. The second-order valence-electron chi connectivity index (χ2n) is 4.32. The fourth-order valence-electron chi connectivity index (χ4n) is 2.09. The van der Waals surface area contributed by atoms with Gasteiger partial charge in [-0.1, -0.05) is 5.16 Å². The van der Waals surface area contributed by atoms with E-state index in [1.807, 2.05) is 0 Å². The van der Waals surface area contributed by atoms with Crippen LogP contribution in [0.4, 0.5) is 5.82 Å². The van der Waals surface area contributed by atoms with Crippen LogP contribution in [0.1, 0.15) is 22.3 Å². The van der Waals surface area contributed by atoms with Crippen molar-refractivity contribution in [3.8, 4) is 0 Å². The lowest BCUT2D eigenvalue weighted by molar-refractivity contribution is -0.0248. The van der Waals surface area contributed by atoms with Crippen molar-refractivity contribution in [2.24, 2.45) is 0 Å². The second-order valence-corrected chi connectivity index (χ2v) is 4.32. The zero-order chi connectivity index (χ0) is 13.9. The van der Waals surface area contributed by atoms with Gasteiger partial charge in [0.25, 0.3) is 5.91 Å². The first kappa shape index (κ1) is 12.5.